The van der Waals surface area contributed by atoms with E-state index in [1.807, 2.05) is 4.90 Å². The van der Waals surface area contributed by atoms with Gasteiger partial charge in [0.1, 0.15) is 16.9 Å². The van der Waals surface area contributed by atoms with Crippen molar-refractivity contribution >= 4 is 33.4 Å². The SMILES string of the molecule is CSc1cc2c(cc1O/C=C(\F)C(=O)O)S(=O)(=O)N(C)[C@@H](CCCC(F)(F)F)CN2C12CC(C1)C2. The molecular formula is C22H26F4N2O5S2. The molecule has 194 valence electrons. The number of carboxylic acid groups (broad SMARTS) is 1. The summed E-state index contributed by atoms with van der Waals surface area (Å²) in [5.74, 6) is -2.83. The molecule has 3 fully saturated rings. The van der Waals surface area contributed by atoms with E-state index < -0.39 is 40.5 Å². The van der Waals surface area contributed by atoms with Crippen LogP contribution in [0.1, 0.15) is 38.5 Å². The van der Waals surface area contributed by atoms with Crippen molar-refractivity contribution in [3.05, 3.63) is 24.2 Å². The van der Waals surface area contributed by atoms with Crippen LogP contribution in [-0.2, 0) is 14.8 Å². The van der Waals surface area contributed by atoms with Crippen molar-refractivity contribution in [1.82, 2.24) is 4.31 Å². The van der Waals surface area contributed by atoms with Crippen LogP contribution in [0.4, 0.5) is 23.2 Å². The predicted molar refractivity (Wildman–Crippen MR) is 122 cm³/mol. The molecule has 0 aromatic heterocycles. The minimum Gasteiger partial charge on any atom is -0.476 e. The fourth-order valence-electron chi connectivity index (χ4n) is 5.16. The largest absolute Gasteiger partial charge is 0.476 e. The molecule has 0 spiro atoms. The lowest BCUT2D eigenvalue weighted by Crippen LogP contribution is -2.69. The first kappa shape index (κ1) is 26.1. The molecule has 3 saturated carbocycles. The molecule has 0 unspecified atom stereocenters. The molecule has 4 aliphatic rings. The standard InChI is InChI=1S/C22H26F4N2O5S2/c1-27-14(4-3-5-22(24,25)26)11-28(21-8-13(9-21)10-21)16-6-18(34-2)17(7-19(16)35(27,31)32)33-12-15(23)20(29)30/h6-7,12-14H,3-5,8-11H2,1-2H3,(H,29,30)/b15-12-/t13?,14-,21?/m0/s1. The molecule has 1 atom stereocenters. The van der Waals surface area contributed by atoms with Crippen LogP contribution in [0.2, 0.25) is 0 Å². The highest BCUT2D eigenvalue weighted by Gasteiger charge is 2.61. The lowest BCUT2D eigenvalue weighted by molar-refractivity contribution is -0.136. The summed E-state index contributed by atoms with van der Waals surface area (Å²) in [6, 6.07) is 2.20. The quantitative estimate of drug-likeness (QED) is 0.221. The highest BCUT2D eigenvalue weighted by Crippen LogP contribution is 2.62. The van der Waals surface area contributed by atoms with Crippen molar-refractivity contribution in [2.75, 3.05) is 24.7 Å². The zero-order valence-corrected chi connectivity index (χ0v) is 20.8. The van der Waals surface area contributed by atoms with Crippen LogP contribution in [0.3, 0.4) is 0 Å². The number of rotatable bonds is 8. The van der Waals surface area contributed by atoms with Crippen LogP contribution >= 0.6 is 11.8 Å². The number of thioether (sulfide) groups is 1. The molecule has 0 saturated heterocycles. The number of hydrogen-bond donors (Lipinski definition) is 1. The van der Waals surface area contributed by atoms with Gasteiger partial charge in [-0.25, -0.2) is 13.2 Å². The van der Waals surface area contributed by atoms with E-state index in [9.17, 15) is 30.8 Å². The number of anilines is 1. The fraction of sp³-hybridized carbons (Fsp3) is 0.591. The van der Waals surface area contributed by atoms with E-state index in [0.29, 0.717) is 22.8 Å². The minimum absolute atomic E-state index is 0.0299. The topological polar surface area (TPSA) is 87.1 Å². The molecular weight excluding hydrogens is 512 g/mol. The number of carboxylic acids is 1. The van der Waals surface area contributed by atoms with Crippen molar-refractivity contribution in [3.63, 3.8) is 0 Å². The van der Waals surface area contributed by atoms with Gasteiger partial charge < -0.3 is 14.7 Å². The number of halogens is 4. The van der Waals surface area contributed by atoms with Crippen LogP contribution in [0, 0.1) is 5.92 Å². The number of likely N-dealkylation sites (N-methyl/N-ethyl adjacent to an activating group) is 1. The van der Waals surface area contributed by atoms with Crippen molar-refractivity contribution in [2.45, 2.75) is 66.1 Å². The second kappa shape index (κ2) is 9.15. The first-order chi connectivity index (χ1) is 16.3. The Labute approximate surface area is 205 Å². The minimum atomic E-state index is -4.32. The Morgan fingerprint density at radius 3 is 2.49 bits per heavy atom. The van der Waals surface area contributed by atoms with Crippen molar-refractivity contribution in [3.8, 4) is 5.75 Å². The summed E-state index contributed by atoms with van der Waals surface area (Å²) < 4.78 is 85.4. The Bertz CT molecular complexity index is 1140. The first-order valence-corrected chi connectivity index (χ1v) is 13.7. The van der Waals surface area contributed by atoms with Crippen LogP contribution < -0.4 is 9.64 Å². The van der Waals surface area contributed by atoms with Gasteiger partial charge in [-0.1, -0.05) is 0 Å². The van der Waals surface area contributed by atoms with Crippen LogP contribution in [0.5, 0.6) is 5.75 Å². The second-order valence-electron chi connectivity index (χ2n) is 9.36. The van der Waals surface area contributed by atoms with Crippen LogP contribution in [0.15, 0.2) is 34.0 Å². The maximum atomic E-state index is 13.6. The maximum Gasteiger partial charge on any atom is 0.389 e. The molecule has 3 aliphatic carbocycles. The maximum absolute atomic E-state index is 13.6. The molecule has 1 aromatic rings. The summed E-state index contributed by atoms with van der Waals surface area (Å²) >= 11 is 1.22. The number of hydrogen-bond acceptors (Lipinski definition) is 6. The van der Waals surface area contributed by atoms with E-state index in [2.05, 4.69) is 0 Å². The number of sulfonamides is 1. The predicted octanol–water partition coefficient (Wildman–Crippen LogP) is 4.78. The number of ether oxygens (including phenoxy) is 1. The van der Waals surface area contributed by atoms with Crippen molar-refractivity contribution < 1.29 is 40.6 Å². The highest BCUT2D eigenvalue weighted by molar-refractivity contribution is 7.98. The number of alkyl halides is 3. The highest BCUT2D eigenvalue weighted by atomic mass is 32.2. The van der Waals surface area contributed by atoms with E-state index in [0.717, 1.165) is 23.6 Å². The van der Waals surface area contributed by atoms with Gasteiger partial charge in [-0.2, -0.15) is 21.9 Å². The molecule has 2 bridgehead atoms. The molecule has 0 amide bonds. The fourth-order valence-corrected chi connectivity index (χ4v) is 7.27. The van der Waals surface area contributed by atoms with Gasteiger partial charge in [0.25, 0.3) is 0 Å². The number of aliphatic carboxylic acids is 1. The molecule has 13 heteroatoms. The van der Waals surface area contributed by atoms with Crippen molar-refractivity contribution in [1.29, 1.82) is 0 Å². The Kier molecular flexibility index (Phi) is 6.82. The summed E-state index contributed by atoms with van der Waals surface area (Å²) in [5, 5.41) is 8.74. The van der Waals surface area contributed by atoms with Gasteiger partial charge in [0.15, 0.2) is 0 Å². The lowest BCUT2D eigenvalue weighted by Gasteiger charge is -2.67. The monoisotopic (exact) mass is 538 g/mol. The van der Waals surface area contributed by atoms with Gasteiger partial charge in [0.05, 0.1) is 10.6 Å². The summed E-state index contributed by atoms with van der Waals surface area (Å²) in [4.78, 5) is 13.2. The molecule has 1 aromatic carbocycles. The summed E-state index contributed by atoms with van der Waals surface area (Å²) in [6.07, 6.45) is -0.669. The third-order valence-corrected chi connectivity index (χ3v) is 9.87. The molecule has 1 N–H and O–H groups in total. The number of carbonyl (C=O) groups is 1. The second-order valence-corrected chi connectivity index (χ2v) is 12.2. The first-order valence-electron chi connectivity index (χ1n) is 11.1. The molecule has 1 aliphatic heterocycles. The Hall–Kier alpha value is -1.99. The lowest BCUT2D eigenvalue weighted by atomic mass is 9.49. The number of benzene rings is 1. The van der Waals surface area contributed by atoms with E-state index in [-0.39, 0.29) is 35.6 Å². The molecule has 0 radical (unpaired) electrons. The Balaban J connectivity index is 1.76. The Morgan fingerprint density at radius 1 is 1.31 bits per heavy atom. The number of fused-ring (bicyclic) bond motifs is 1. The summed E-state index contributed by atoms with van der Waals surface area (Å²) in [7, 11) is -2.79. The average molecular weight is 539 g/mol. The van der Waals surface area contributed by atoms with Crippen LogP contribution in [-0.4, -0.2) is 61.4 Å². The normalized spacial score (nSPS) is 27.9. The molecule has 7 nitrogen and oxygen atoms in total. The van der Waals surface area contributed by atoms with Gasteiger partial charge >= 0.3 is 12.1 Å². The van der Waals surface area contributed by atoms with Crippen LogP contribution in [0.25, 0.3) is 0 Å². The molecule has 5 rings (SSSR count). The van der Waals surface area contributed by atoms with E-state index in [1.54, 1.807) is 12.3 Å². The molecule has 1 heterocycles. The summed E-state index contributed by atoms with van der Waals surface area (Å²) in [5.41, 5.74) is 0.211. The summed E-state index contributed by atoms with van der Waals surface area (Å²) in [6.45, 7) is 0.259. The van der Waals surface area contributed by atoms with Crippen molar-refractivity contribution in [2.24, 2.45) is 5.92 Å². The molecule has 35 heavy (non-hydrogen) atoms. The van der Waals surface area contributed by atoms with E-state index >= 15 is 0 Å². The van der Waals surface area contributed by atoms with Gasteiger partial charge in [-0.15, -0.1) is 11.8 Å². The third kappa shape index (κ3) is 4.86. The average Bonchev–Trinajstić information content (AvgIpc) is 2.77. The van der Waals surface area contributed by atoms with Gasteiger partial charge in [0, 0.05) is 37.7 Å². The smallest absolute Gasteiger partial charge is 0.389 e. The van der Waals surface area contributed by atoms with E-state index in [1.165, 1.54) is 24.9 Å². The zero-order valence-electron chi connectivity index (χ0n) is 19.1. The van der Waals surface area contributed by atoms with Gasteiger partial charge in [-0.3, -0.25) is 0 Å². The van der Waals surface area contributed by atoms with E-state index in [4.69, 9.17) is 9.84 Å². The zero-order chi connectivity index (χ0) is 25.8. The van der Waals surface area contributed by atoms with Gasteiger partial charge in [-0.05, 0) is 50.3 Å². The number of nitrogens with zero attached hydrogens (tertiary/aromatic N) is 2. The Morgan fingerprint density at radius 2 is 1.97 bits per heavy atom. The van der Waals surface area contributed by atoms with Gasteiger partial charge in [0.2, 0.25) is 15.9 Å². The third-order valence-electron chi connectivity index (χ3n) is 7.17.